The second-order valence-corrected chi connectivity index (χ2v) is 5.23. The van der Waals surface area contributed by atoms with Crippen LogP contribution in [0.2, 0.25) is 0 Å². The molecule has 0 bridgehead atoms. The third-order valence-corrected chi connectivity index (χ3v) is 3.71. The quantitative estimate of drug-likeness (QED) is 0.928. The molecule has 1 unspecified atom stereocenters. The number of likely N-dealkylation sites (tertiary alicyclic amines) is 1. The van der Waals surface area contributed by atoms with E-state index in [2.05, 4.69) is 17.1 Å². The first-order valence-corrected chi connectivity index (χ1v) is 6.91. The van der Waals surface area contributed by atoms with Crippen molar-refractivity contribution in [1.29, 1.82) is 0 Å². The molecule has 1 fully saturated rings. The number of nitrogens with two attached hydrogens (primary N) is 1. The summed E-state index contributed by atoms with van der Waals surface area (Å²) in [4.78, 5) is 2.25. The fraction of sp³-hybridized carbons (Fsp3) is 0.400. The Balaban J connectivity index is 1.93. The molecule has 0 aliphatic carbocycles. The second kappa shape index (κ2) is 5.65. The molecule has 1 aliphatic rings. The van der Waals surface area contributed by atoms with Crippen LogP contribution in [0.5, 0.6) is 11.5 Å². The smallest absolute Gasteiger partial charge is 0.230 e. The van der Waals surface area contributed by atoms with E-state index in [1.54, 1.807) is 13.3 Å². The van der Waals surface area contributed by atoms with Gasteiger partial charge in [-0.05, 0) is 19.5 Å². The first kappa shape index (κ1) is 13.8. The fourth-order valence-corrected chi connectivity index (χ4v) is 2.65. The number of ether oxygens (including phenoxy) is 2. The summed E-state index contributed by atoms with van der Waals surface area (Å²) in [5, 5.41) is 3.71. The third-order valence-electron chi connectivity index (χ3n) is 3.71. The van der Waals surface area contributed by atoms with Gasteiger partial charge in [0.05, 0.1) is 18.9 Å². The number of aromatic nitrogens is 1. The zero-order valence-corrected chi connectivity index (χ0v) is 12.2. The van der Waals surface area contributed by atoms with E-state index in [0.29, 0.717) is 11.3 Å². The van der Waals surface area contributed by atoms with Gasteiger partial charge in [-0.15, -0.1) is 0 Å². The third kappa shape index (κ3) is 2.67. The van der Waals surface area contributed by atoms with E-state index in [0.717, 1.165) is 30.8 Å². The average molecular weight is 289 g/mol. The molecule has 1 aliphatic heterocycles. The van der Waals surface area contributed by atoms with Crippen molar-refractivity contribution in [3.8, 4) is 22.6 Å². The molecule has 6 heteroatoms. The van der Waals surface area contributed by atoms with Crippen molar-refractivity contribution in [2.75, 3.05) is 33.0 Å². The Kier molecular flexibility index (Phi) is 3.70. The van der Waals surface area contributed by atoms with E-state index in [9.17, 15) is 0 Å². The van der Waals surface area contributed by atoms with Crippen molar-refractivity contribution in [3.05, 3.63) is 24.4 Å². The number of rotatable bonds is 4. The number of nitrogen functional groups attached to an aromatic ring is 1. The Morgan fingerprint density at radius 2 is 2.24 bits per heavy atom. The Bertz CT molecular complexity index is 626. The number of nitrogens with zero attached hydrogens (tertiary/aromatic N) is 2. The van der Waals surface area contributed by atoms with Crippen LogP contribution in [0.1, 0.15) is 6.42 Å². The molecule has 0 radical (unpaired) electrons. The van der Waals surface area contributed by atoms with Crippen molar-refractivity contribution in [3.63, 3.8) is 0 Å². The summed E-state index contributed by atoms with van der Waals surface area (Å²) in [6, 6.07) is 5.73. The van der Waals surface area contributed by atoms with E-state index in [4.69, 9.17) is 19.7 Å². The molecule has 0 saturated carbocycles. The van der Waals surface area contributed by atoms with Crippen LogP contribution in [0.4, 0.5) is 5.88 Å². The molecule has 0 amide bonds. The minimum absolute atomic E-state index is 0.180. The highest BCUT2D eigenvalue weighted by Crippen LogP contribution is 2.40. The molecule has 2 N–H and O–H groups in total. The van der Waals surface area contributed by atoms with E-state index in [1.807, 2.05) is 18.2 Å². The van der Waals surface area contributed by atoms with Crippen molar-refractivity contribution < 1.29 is 14.0 Å². The Labute approximate surface area is 123 Å². The van der Waals surface area contributed by atoms with Gasteiger partial charge in [-0.3, -0.25) is 0 Å². The first-order valence-electron chi connectivity index (χ1n) is 6.91. The Hall–Kier alpha value is -2.21. The number of hydrogen-bond acceptors (Lipinski definition) is 6. The molecule has 0 spiro atoms. The van der Waals surface area contributed by atoms with Gasteiger partial charge in [0.2, 0.25) is 5.88 Å². The van der Waals surface area contributed by atoms with Crippen molar-refractivity contribution in [1.82, 2.24) is 10.1 Å². The maximum atomic E-state index is 6.09. The van der Waals surface area contributed by atoms with E-state index in [1.165, 1.54) is 0 Å². The second-order valence-electron chi connectivity index (χ2n) is 5.23. The summed E-state index contributed by atoms with van der Waals surface area (Å²) in [6.07, 6.45) is 2.78. The molecule has 6 nitrogen and oxygen atoms in total. The molecule has 21 heavy (non-hydrogen) atoms. The summed E-state index contributed by atoms with van der Waals surface area (Å²) < 4.78 is 16.5. The first-order chi connectivity index (χ1) is 10.2. The summed E-state index contributed by atoms with van der Waals surface area (Å²) in [5.74, 6) is 1.64. The van der Waals surface area contributed by atoms with Gasteiger partial charge in [-0.2, -0.15) is 0 Å². The van der Waals surface area contributed by atoms with Gasteiger partial charge in [-0.25, -0.2) is 0 Å². The standard InChI is InChI=1S/C15H19N3O3/c1-18-7-6-10(9-18)20-13-5-3-4-11(14(13)19-2)12-8-17-21-15(12)16/h3-5,8,10H,6-7,9,16H2,1-2H3. The van der Waals surface area contributed by atoms with E-state index in [-0.39, 0.29) is 12.0 Å². The van der Waals surface area contributed by atoms with Crippen molar-refractivity contribution in [2.45, 2.75) is 12.5 Å². The van der Waals surface area contributed by atoms with Crippen LogP contribution in [0.15, 0.2) is 28.9 Å². The Morgan fingerprint density at radius 1 is 1.38 bits per heavy atom. The summed E-state index contributed by atoms with van der Waals surface area (Å²) in [5.41, 5.74) is 7.32. The molecule has 2 heterocycles. The van der Waals surface area contributed by atoms with Gasteiger partial charge in [0, 0.05) is 18.7 Å². The molecule has 1 saturated heterocycles. The molecular formula is C15H19N3O3. The molecule has 1 aromatic carbocycles. The van der Waals surface area contributed by atoms with Crippen LogP contribution < -0.4 is 15.2 Å². The maximum Gasteiger partial charge on any atom is 0.230 e. The zero-order chi connectivity index (χ0) is 14.8. The maximum absolute atomic E-state index is 6.09. The molecule has 112 valence electrons. The normalized spacial score (nSPS) is 18.9. The van der Waals surface area contributed by atoms with Gasteiger partial charge >= 0.3 is 0 Å². The van der Waals surface area contributed by atoms with Crippen LogP contribution >= 0.6 is 0 Å². The highest BCUT2D eigenvalue weighted by molar-refractivity contribution is 5.79. The minimum atomic E-state index is 0.180. The number of methoxy groups -OCH3 is 1. The van der Waals surface area contributed by atoms with Crippen LogP contribution in [0.25, 0.3) is 11.1 Å². The molecule has 2 aromatic rings. The fourth-order valence-electron chi connectivity index (χ4n) is 2.65. The largest absolute Gasteiger partial charge is 0.492 e. The Morgan fingerprint density at radius 3 is 2.86 bits per heavy atom. The number of likely N-dealkylation sites (N-methyl/N-ethyl adjacent to an activating group) is 1. The lowest BCUT2D eigenvalue weighted by atomic mass is 10.1. The predicted octanol–water partition coefficient (Wildman–Crippen LogP) is 2.02. The lowest BCUT2D eigenvalue weighted by Gasteiger charge is -2.18. The summed E-state index contributed by atoms with van der Waals surface area (Å²) >= 11 is 0. The predicted molar refractivity (Wildman–Crippen MR) is 79.4 cm³/mol. The van der Waals surface area contributed by atoms with Crippen molar-refractivity contribution >= 4 is 5.88 Å². The van der Waals surface area contributed by atoms with Crippen molar-refractivity contribution in [2.24, 2.45) is 0 Å². The molecule has 3 rings (SSSR count). The minimum Gasteiger partial charge on any atom is -0.492 e. The number of para-hydroxylation sites is 1. The van der Waals surface area contributed by atoms with E-state index < -0.39 is 0 Å². The van der Waals surface area contributed by atoms with E-state index >= 15 is 0 Å². The van der Waals surface area contributed by atoms with Crippen LogP contribution in [0.3, 0.4) is 0 Å². The average Bonchev–Trinajstić information content (AvgIpc) is 3.07. The van der Waals surface area contributed by atoms with Gasteiger partial charge in [0.15, 0.2) is 11.5 Å². The highest BCUT2D eigenvalue weighted by Gasteiger charge is 2.23. The number of hydrogen-bond donors (Lipinski definition) is 1. The molecular weight excluding hydrogens is 270 g/mol. The van der Waals surface area contributed by atoms with Crippen LogP contribution in [-0.2, 0) is 0 Å². The summed E-state index contributed by atoms with van der Waals surface area (Å²) in [6.45, 7) is 1.97. The van der Waals surface area contributed by atoms with Crippen LogP contribution in [0, 0.1) is 0 Å². The topological polar surface area (TPSA) is 73.8 Å². The number of anilines is 1. The van der Waals surface area contributed by atoms with Gasteiger partial charge < -0.3 is 24.6 Å². The highest BCUT2D eigenvalue weighted by atomic mass is 16.5. The zero-order valence-electron chi connectivity index (χ0n) is 12.2. The van der Waals surface area contributed by atoms with Gasteiger partial charge in [0.25, 0.3) is 0 Å². The van der Waals surface area contributed by atoms with Gasteiger partial charge in [0.1, 0.15) is 6.10 Å². The lowest BCUT2D eigenvalue weighted by Crippen LogP contribution is -2.21. The number of benzene rings is 1. The summed E-state index contributed by atoms with van der Waals surface area (Å²) in [7, 11) is 3.71. The van der Waals surface area contributed by atoms with Crippen LogP contribution in [-0.4, -0.2) is 43.4 Å². The lowest BCUT2D eigenvalue weighted by molar-refractivity contribution is 0.200. The SMILES string of the molecule is COc1c(OC2CCN(C)C2)cccc1-c1cnoc1N. The monoisotopic (exact) mass is 289 g/mol. The van der Waals surface area contributed by atoms with Gasteiger partial charge in [-0.1, -0.05) is 17.3 Å². The molecule has 1 aromatic heterocycles. The molecule has 1 atom stereocenters.